The molecule has 0 saturated heterocycles. The molecule has 0 saturated carbocycles. The minimum absolute atomic E-state index is 0.821. The van der Waals surface area contributed by atoms with Gasteiger partial charge in [-0.15, -0.1) is 0 Å². The number of ether oxygens (including phenoxy) is 1. The van der Waals surface area contributed by atoms with Gasteiger partial charge in [-0.25, -0.2) is 0 Å². The number of aromatic nitrogens is 1. The third kappa shape index (κ3) is 7.02. The summed E-state index contributed by atoms with van der Waals surface area (Å²) in [7, 11) is 0. The van der Waals surface area contributed by atoms with Crippen LogP contribution in [0.1, 0.15) is 62.6 Å². The lowest BCUT2D eigenvalue weighted by molar-refractivity contribution is 0.305. The first-order valence-electron chi connectivity index (χ1n) is 11.5. The Morgan fingerprint density at radius 3 is 1.90 bits per heavy atom. The van der Waals surface area contributed by atoms with E-state index in [1.807, 2.05) is 6.20 Å². The normalized spacial score (nSPS) is 10.9. The van der Waals surface area contributed by atoms with Gasteiger partial charge < -0.3 is 4.74 Å². The van der Waals surface area contributed by atoms with Crippen LogP contribution in [0.2, 0.25) is 0 Å². The Morgan fingerprint density at radius 1 is 0.633 bits per heavy atom. The molecule has 0 aliphatic heterocycles. The molecule has 2 nitrogen and oxygen atoms in total. The summed E-state index contributed by atoms with van der Waals surface area (Å²) in [4.78, 5) is 4.62. The van der Waals surface area contributed by atoms with Gasteiger partial charge in [0, 0.05) is 11.8 Å². The van der Waals surface area contributed by atoms with Crippen LogP contribution in [0.25, 0.3) is 11.3 Å². The van der Waals surface area contributed by atoms with E-state index < -0.39 is 0 Å². The summed E-state index contributed by atoms with van der Waals surface area (Å²) in [6.45, 7) is 5.25. The second-order valence-electron chi connectivity index (χ2n) is 8.05. The van der Waals surface area contributed by atoms with Gasteiger partial charge in [-0.05, 0) is 60.6 Å². The molecule has 0 amide bonds. The van der Waals surface area contributed by atoms with E-state index in [0.717, 1.165) is 50.2 Å². The molecule has 0 fully saturated rings. The third-order valence-electron chi connectivity index (χ3n) is 5.51. The van der Waals surface area contributed by atoms with Crippen LogP contribution in [0.4, 0.5) is 0 Å². The first-order chi connectivity index (χ1) is 14.8. The maximum atomic E-state index is 5.84. The molecule has 0 aliphatic rings. The van der Waals surface area contributed by atoms with Crippen LogP contribution in [0.5, 0.6) is 5.75 Å². The fraction of sp³-hybridized carbons (Fsp3) is 0.393. The molecule has 30 heavy (non-hydrogen) atoms. The van der Waals surface area contributed by atoms with Crippen molar-refractivity contribution in [1.82, 2.24) is 4.98 Å². The first-order valence-corrected chi connectivity index (χ1v) is 11.5. The highest BCUT2D eigenvalue weighted by Gasteiger charge is 2.02. The topological polar surface area (TPSA) is 22.1 Å². The number of aryl methyl sites for hydroxylation is 3. The van der Waals surface area contributed by atoms with Crippen molar-refractivity contribution in [3.05, 3.63) is 83.6 Å². The van der Waals surface area contributed by atoms with Gasteiger partial charge in [-0.3, -0.25) is 4.98 Å². The van der Waals surface area contributed by atoms with Crippen LogP contribution in [0.3, 0.4) is 0 Å². The zero-order chi connectivity index (χ0) is 21.0. The van der Waals surface area contributed by atoms with Crippen LogP contribution in [0.15, 0.2) is 66.9 Å². The largest absolute Gasteiger partial charge is 0.494 e. The Bertz CT molecular complexity index is 851. The molecule has 1 aromatic heterocycles. The van der Waals surface area contributed by atoms with Gasteiger partial charge >= 0.3 is 0 Å². The van der Waals surface area contributed by atoms with Crippen LogP contribution in [0, 0.1) is 0 Å². The van der Waals surface area contributed by atoms with Gasteiger partial charge in [0.2, 0.25) is 0 Å². The lowest BCUT2D eigenvalue weighted by Gasteiger charge is -2.08. The van der Waals surface area contributed by atoms with E-state index in [1.165, 1.54) is 41.5 Å². The second-order valence-corrected chi connectivity index (χ2v) is 8.05. The highest BCUT2D eigenvalue weighted by Crippen LogP contribution is 2.20. The Balaban J connectivity index is 1.46. The second kappa shape index (κ2) is 12.2. The van der Waals surface area contributed by atoms with Crippen molar-refractivity contribution < 1.29 is 4.74 Å². The summed E-state index contributed by atoms with van der Waals surface area (Å²) < 4.78 is 5.84. The molecule has 0 radical (unpaired) electrons. The van der Waals surface area contributed by atoms with E-state index in [1.54, 1.807) is 0 Å². The van der Waals surface area contributed by atoms with Crippen molar-refractivity contribution in [3.63, 3.8) is 0 Å². The minimum Gasteiger partial charge on any atom is -0.494 e. The smallest absolute Gasteiger partial charge is 0.119 e. The maximum absolute atomic E-state index is 5.84. The number of benzene rings is 2. The predicted molar refractivity (Wildman–Crippen MR) is 127 cm³/mol. The molecular weight excluding hydrogens is 366 g/mol. The average Bonchev–Trinajstić information content (AvgIpc) is 2.79. The van der Waals surface area contributed by atoms with Gasteiger partial charge in [0.25, 0.3) is 0 Å². The summed E-state index contributed by atoms with van der Waals surface area (Å²) in [5.41, 5.74) is 6.25. The molecule has 3 rings (SSSR count). The van der Waals surface area contributed by atoms with Crippen molar-refractivity contribution in [1.29, 1.82) is 0 Å². The van der Waals surface area contributed by atoms with Gasteiger partial charge in [-0.2, -0.15) is 0 Å². The van der Waals surface area contributed by atoms with Crippen LogP contribution in [-0.4, -0.2) is 11.6 Å². The van der Waals surface area contributed by atoms with E-state index >= 15 is 0 Å². The Morgan fingerprint density at radius 2 is 1.30 bits per heavy atom. The van der Waals surface area contributed by atoms with E-state index in [4.69, 9.17) is 4.74 Å². The summed E-state index contributed by atoms with van der Waals surface area (Å²) >= 11 is 0. The Labute approximate surface area is 182 Å². The van der Waals surface area contributed by atoms with E-state index in [0.29, 0.717) is 0 Å². The number of rotatable bonds is 12. The van der Waals surface area contributed by atoms with Crippen molar-refractivity contribution in [2.45, 2.75) is 65.2 Å². The van der Waals surface area contributed by atoms with Gasteiger partial charge in [-0.1, -0.05) is 82.0 Å². The summed E-state index contributed by atoms with van der Waals surface area (Å²) in [5, 5.41) is 0. The Kier molecular flexibility index (Phi) is 8.96. The van der Waals surface area contributed by atoms with Gasteiger partial charge in [0.1, 0.15) is 5.75 Å². The number of nitrogens with zero attached hydrogens (tertiary/aromatic N) is 1. The lowest BCUT2D eigenvalue weighted by atomic mass is 10.0. The maximum Gasteiger partial charge on any atom is 0.119 e. The summed E-state index contributed by atoms with van der Waals surface area (Å²) in [5.74, 6) is 0.983. The van der Waals surface area contributed by atoms with Crippen LogP contribution < -0.4 is 4.74 Å². The summed E-state index contributed by atoms with van der Waals surface area (Å²) in [6, 6.07) is 21.7. The van der Waals surface area contributed by atoms with Gasteiger partial charge in [0.05, 0.1) is 12.3 Å². The van der Waals surface area contributed by atoms with E-state index in [9.17, 15) is 0 Å². The zero-order valence-corrected chi connectivity index (χ0v) is 18.6. The molecule has 0 spiro atoms. The quantitative estimate of drug-likeness (QED) is 0.294. The molecule has 0 unspecified atom stereocenters. The molecule has 2 aromatic carbocycles. The molecule has 3 aromatic rings. The fourth-order valence-electron chi connectivity index (χ4n) is 3.63. The van der Waals surface area contributed by atoms with Crippen molar-refractivity contribution >= 4 is 0 Å². The number of unbranched alkanes of at least 4 members (excludes halogenated alkanes) is 3. The third-order valence-corrected chi connectivity index (χ3v) is 5.51. The SMILES string of the molecule is CCCCCCOc1ccc(CCc2ccc(-c3ccc(CCC)cn3)cc2)cc1. The van der Waals surface area contributed by atoms with Crippen molar-refractivity contribution in [2.75, 3.05) is 6.61 Å². The molecule has 1 heterocycles. The van der Waals surface area contributed by atoms with Crippen molar-refractivity contribution in [2.24, 2.45) is 0 Å². The summed E-state index contributed by atoms with van der Waals surface area (Å²) in [6.07, 6.45) is 11.3. The fourth-order valence-corrected chi connectivity index (χ4v) is 3.63. The molecule has 0 aliphatic carbocycles. The first kappa shape index (κ1) is 22.1. The molecular formula is C28H35NO. The standard InChI is InChI=1S/C28H35NO/c1-3-5-6-7-21-30-27-18-13-24(14-19-27)10-9-23-11-16-26(17-12-23)28-20-15-25(8-4-2)22-29-28/h11-20,22H,3-10,21H2,1-2H3. The molecule has 0 bridgehead atoms. The Hall–Kier alpha value is -2.61. The minimum atomic E-state index is 0.821. The van der Waals surface area contributed by atoms with Gasteiger partial charge in [0.15, 0.2) is 0 Å². The molecule has 158 valence electrons. The number of hydrogen-bond acceptors (Lipinski definition) is 2. The zero-order valence-electron chi connectivity index (χ0n) is 18.6. The van der Waals surface area contributed by atoms with Crippen molar-refractivity contribution in [3.8, 4) is 17.0 Å². The van der Waals surface area contributed by atoms with Crippen LogP contribution >= 0.6 is 0 Å². The lowest BCUT2D eigenvalue weighted by Crippen LogP contribution is -1.97. The monoisotopic (exact) mass is 401 g/mol. The molecule has 0 atom stereocenters. The predicted octanol–water partition coefficient (Wildman–Crippen LogP) is 7.45. The number of pyridine rings is 1. The molecule has 0 N–H and O–H groups in total. The molecule has 2 heteroatoms. The van der Waals surface area contributed by atoms with Crippen LogP contribution in [-0.2, 0) is 19.3 Å². The van der Waals surface area contributed by atoms with E-state index in [2.05, 4.69) is 79.5 Å². The highest BCUT2D eigenvalue weighted by molar-refractivity contribution is 5.59. The average molecular weight is 402 g/mol. The number of hydrogen-bond donors (Lipinski definition) is 0. The van der Waals surface area contributed by atoms with E-state index in [-0.39, 0.29) is 0 Å². The highest BCUT2D eigenvalue weighted by atomic mass is 16.5.